The molecule has 1 saturated carbocycles. The summed E-state index contributed by atoms with van der Waals surface area (Å²) in [5.74, 6) is 0. The van der Waals surface area contributed by atoms with Crippen molar-refractivity contribution in [1.29, 1.82) is 0 Å². The lowest BCUT2D eigenvalue weighted by atomic mass is 10.2. The molecule has 0 spiro atoms. The van der Waals surface area contributed by atoms with Crippen LogP contribution in [0.2, 0.25) is 0 Å². The molecule has 1 aliphatic carbocycles. The van der Waals surface area contributed by atoms with E-state index in [2.05, 4.69) is 20.9 Å². The van der Waals surface area contributed by atoms with Gasteiger partial charge in [0.15, 0.2) is 0 Å². The van der Waals surface area contributed by atoms with Crippen LogP contribution in [0.25, 0.3) is 0 Å². The number of nitrogens with zero attached hydrogens (tertiary/aromatic N) is 3. The molecule has 1 saturated heterocycles. The number of anilines is 1. The number of pyridine rings is 1. The quantitative estimate of drug-likeness (QED) is 0.723. The highest BCUT2D eigenvalue weighted by Crippen LogP contribution is 2.28. The van der Waals surface area contributed by atoms with E-state index >= 15 is 0 Å². The van der Waals surface area contributed by atoms with E-state index in [1.54, 1.807) is 0 Å². The van der Waals surface area contributed by atoms with Crippen LogP contribution in [0.15, 0.2) is 24.5 Å². The zero-order chi connectivity index (χ0) is 10.1. The average molecular weight is 203 g/mol. The summed E-state index contributed by atoms with van der Waals surface area (Å²) in [7, 11) is 0. The Bertz CT molecular complexity index is 313. The van der Waals surface area contributed by atoms with Crippen molar-refractivity contribution in [3.63, 3.8) is 0 Å². The molecule has 80 valence electrons. The van der Waals surface area contributed by atoms with Gasteiger partial charge in [-0.25, -0.2) is 0 Å². The second-order valence-corrected chi connectivity index (χ2v) is 4.47. The van der Waals surface area contributed by atoms with Gasteiger partial charge in [-0.05, 0) is 25.0 Å². The van der Waals surface area contributed by atoms with E-state index in [1.165, 1.54) is 31.6 Å². The minimum Gasteiger partial charge on any atom is -0.368 e. The summed E-state index contributed by atoms with van der Waals surface area (Å²) in [5.41, 5.74) is 1.27. The lowest BCUT2D eigenvalue weighted by molar-refractivity contribution is 0.248. The van der Waals surface area contributed by atoms with Gasteiger partial charge in [0.2, 0.25) is 0 Å². The van der Waals surface area contributed by atoms with Crippen molar-refractivity contribution in [2.24, 2.45) is 0 Å². The number of rotatable bonds is 2. The SMILES string of the molecule is c1cncc(N2CCN(C3CC3)CC2)c1. The largest absolute Gasteiger partial charge is 0.368 e. The fourth-order valence-electron chi connectivity index (χ4n) is 2.33. The molecule has 0 radical (unpaired) electrons. The molecule has 2 aliphatic rings. The molecule has 3 nitrogen and oxygen atoms in total. The highest BCUT2D eigenvalue weighted by molar-refractivity contribution is 5.44. The first-order valence-electron chi connectivity index (χ1n) is 5.82. The summed E-state index contributed by atoms with van der Waals surface area (Å²) < 4.78 is 0. The van der Waals surface area contributed by atoms with Crippen LogP contribution in [-0.2, 0) is 0 Å². The van der Waals surface area contributed by atoms with E-state index in [1.807, 2.05) is 18.5 Å². The Morgan fingerprint density at radius 3 is 2.53 bits per heavy atom. The first kappa shape index (κ1) is 9.16. The Kier molecular flexibility index (Phi) is 2.33. The van der Waals surface area contributed by atoms with Crippen molar-refractivity contribution >= 4 is 5.69 Å². The number of piperazine rings is 1. The predicted molar refractivity (Wildman–Crippen MR) is 61.0 cm³/mol. The van der Waals surface area contributed by atoms with Crippen LogP contribution in [-0.4, -0.2) is 42.1 Å². The fourth-order valence-corrected chi connectivity index (χ4v) is 2.33. The van der Waals surface area contributed by atoms with Gasteiger partial charge in [0.25, 0.3) is 0 Å². The van der Waals surface area contributed by atoms with Gasteiger partial charge in [0.1, 0.15) is 0 Å². The third-order valence-electron chi connectivity index (χ3n) is 3.39. The smallest absolute Gasteiger partial charge is 0.0553 e. The van der Waals surface area contributed by atoms with Gasteiger partial charge in [-0.15, -0.1) is 0 Å². The molecule has 15 heavy (non-hydrogen) atoms. The normalized spacial score (nSPS) is 23.1. The summed E-state index contributed by atoms with van der Waals surface area (Å²) in [4.78, 5) is 9.24. The molecule has 0 bridgehead atoms. The molecule has 0 atom stereocenters. The van der Waals surface area contributed by atoms with Crippen LogP contribution < -0.4 is 4.90 Å². The highest BCUT2D eigenvalue weighted by Gasteiger charge is 2.31. The minimum atomic E-state index is 0.918. The number of aromatic nitrogens is 1. The fraction of sp³-hybridized carbons (Fsp3) is 0.583. The van der Waals surface area contributed by atoms with Gasteiger partial charge >= 0.3 is 0 Å². The zero-order valence-corrected chi connectivity index (χ0v) is 8.97. The maximum absolute atomic E-state index is 4.17. The Morgan fingerprint density at radius 1 is 1.13 bits per heavy atom. The summed E-state index contributed by atoms with van der Waals surface area (Å²) in [6.45, 7) is 4.75. The highest BCUT2D eigenvalue weighted by atomic mass is 15.3. The summed E-state index contributed by atoms with van der Waals surface area (Å²) >= 11 is 0. The van der Waals surface area contributed by atoms with Crippen molar-refractivity contribution in [3.8, 4) is 0 Å². The van der Waals surface area contributed by atoms with E-state index in [9.17, 15) is 0 Å². The van der Waals surface area contributed by atoms with Crippen LogP contribution in [0, 0.1) is 0 Å². The summed E-state index contributed by atoms with van der Waals surface area (Å²) in [6.07, 6.45) is 6.65. The summed E-state index contributed by atoms with van der Waals surface area (Å²) in [6, 6.07) is 5.09. The Balaban J connectivity index is 1.61. The Labute approximate surface area is 90.7 Å². The molecular weight excluding hydrogens is 186 g/mol. The molecule has 1 aliphatic heterocycles. The van der Waals surface area contributed by atoms with Crippen LogP contribution in [0.3, 0.4) is 0 Å². The molecule has 0 aromatic carbocycles. The molecule has 2 fully saturated rings. The second kappa shape index (κ2) is 3.81. The van der Waals surface area contributed by atoms with Crippen LogP contribution in [0.5, 0.6) is 0 Å². The van der Waals surface area contributed by atoms with E-state index in [0.717, 1.165) is 19.1 Å². The van der Waals surface area contributed by atoms with Crippen LogP contribution in [0.4, 0.5) is 5.69 Å². The van der Waals surface area contributed by atoms with Crippen molar-refractivity contribution in [1.82, 2.24) is 9.88 Å². The predicted octanol–water partition coefficient (Wildman–Crippen LogP) is 1.37. The van der Waals surface area contributed by atoms with Gasteiger partial charge in [0, 0.05) is 38.4 Å². The standard InChI is InChI=1S/C12H17N3/c1-2-12(10-13-5-1)15-8-6-14(7-9-15)11-3-4-11/h1-2,5,10-11H,3-4,6-9H2. The molecule has 2 heterocycles. The van der Waals surface area contributed by atoms with E-state index < -0.39 is 0 Å². The molecule has 1 aromatic rings. The average Bonchev–Trinajstić information content (AvgIpc) is 3.15. The van der Waals surface area contributed by atoms with E-state index in [4.69, 9.17) is 0 Å². The molecule has 0 N–H and O–H groups in total. The van der Waals surface area contributed by atoms with Gasteiger partial charge in [-0.3, -0.25) is 9.88 Å². The minimum absolute atomic E-state index is 0.918. The van der Waals surface area contributed by atoms with Crippen molar-refractivity contribution < 1.29 is 0 Å². The molecule has 3 heteroatoms. The number of hydrogen-bond acceptors (Lipinski definition) is 3. The number of hydrogen-bond donors (Lipinski definition) is 0. The van der Waals surface area contributed by atoms with Gasteiger partial charge in [-0.2, -0.15) is 0 Å². The topological polar surface area (TPSA) is 19.4 Å². The van der Waals surface area contributed by atoms with Crippen molar-refractivity contribution in [2.75, 3.05) is 31.1 Å². The van der Waals surface area contributed by atoms with E-state index in [-0.39, 0.29) is 0 Å². The molecule has 0 unspecified atom stereocenters. The van der Waals surface area contributed by atoms with E-state index in [0.29, 0.717) is 0 Å². The molecule has 3 rings (SSSR count). The third kappa shape index (κ3) is 1.97. The lowest BCUT2D eigenvalue weighted by Gasteiger charge is -2.35. The Hall–Kier alpha value is -1.09. The first-order valence-corrected chi connectivity index (χ1v) is 5.82. The van der Waals surface area contributed by atoms with Gasteiger partial charge in [0.05, 0.1) is 11.9 Å². The van der Waals surface area contributed by atoms with Gasteiger partial charge in [-0.1, -0.05) is 0 Å². The Morgan fingerprint density at radius 2 is 1.93 bits per heavy atom. The summed E-state index contributed by atoms with van der Waals surface area (Å²) in [5, 5.41) is 0. The first-order chi connectivity index (χ1) is 7.43. The van der Waals surface area contributed by atoms with Crippen LogP contribution in [0.1, 0.15) is 12.8 Å². The molecule has 1 aromatic heterocycles. The van der Waals surface area contributed by atoms with Crippen molar-refractivity contribution in [2.45, 2.75) is 18.9 Å². The van der Waals surface area contributed by atoms with Crippen molar-refractivity contribution in [3.05, 3.63) is 24.5 Å². The van der Waals surface area contributed by atoms with Gasteiger partial charge < -0.3 is 4.90 Å². The third-order valence-corrected chi connectivity index (χ3v) is 3.39. The second-order valence-electron chi connectivity index (χ2n) is 4.47. The monoisotopic (exact) mass is 203 g/mol. The molecule has 0 amide bonds. The molecular formula is C12H17N3. The van der Waals surface area contributed by atoms with Crippen LogP contribution >= 0.6 is 0 Å². The zero-order valence-electron chi connectivity index (χ0n) is 8.97. The maximum Gasteiger partial charge on any atom is 0.0553 e. The lowest BCUT2D eigenvalue weighted by Crippen LogP contribution is -2.47. The maximum atomic E-state index is 4.17.